The number of aryl methyl sites for hydroxylation is 2. The van der Waals surface area contributed by atoms with Crippen molar-refractivity contribution in [2.75, 3.05) is 11.9 Å². The number of hydrogen-bond acceptors (Lipinski definition) is 4. The molecule has 2 aromatic carbocycles. The van der Waals surface area contributed by atoms with Crippen LogP contribution in [0.25, 0.3) is 0 Å². The molecule has 0 unspecified atom stereocenters. The highest BCUT2D eigenvalue weighted by molar-refractivity contribution is 5.97. The molecule has 0 aliphatic carbocycles. The number of aliphatic hydroxyl groups is 1. The van der Waals surface area contributed by atoms with Crippen molar-refractivity contribution in [1.82, 2.24) is 0 Å². The van der Waals surface area contributed by atoms with Crippen molar-refractivity contribution in [3.63, 3.8) is 0 Å². The number of benzene rings is 2. The van der Waals surface area contributed by atoms with Gasteiger partial charge in [0.15, 0.2) is 5.60 Å². The van der Waals surface area contributed by atoms with E-state index in [-0.39, 0.29) is 6.61 Å². The van der Waals surface area contributed by atoms with Crippen molar-refractivity contribution in [3.05, 3.63) is 59.2 Å². The Hall–Kier alpha value is -2.84. The zero-order chi connectivity index (χ0) is 19.7. The first-order chi connectivity index (χ1) is 12.3. The first kappa shape index (κ1) is 21.2. The van der Waals surface area contributed by atoms with E-state index in [1.54, 1.807) is 37.3 Å². The number of anilines is 1. The predicted molar refractivity (Wildman–Crippen MR) is 103 cm³/mol. The molecule has 1 atom stereocenters. The van der Waals surface area contributed by atoms with Gasteiger partial charge in [-0.1, -0.05) is 31.5 Å². The van der Waals surface area contributed by atoms with Crippen LogP contribution in [-0.2, 0) is 4.79 Å². The quantitative estimate of drug-likeness (QED) is 0.851. The second-order valence-corrected chi connectivity index (χ2v) is 5.97. The number of amides is 1. The highest BCUT2D eigenvalue weighted by Gasteiger charge is 2.31. The summed E-state index contributed by atoms with van der Waals surface area (Å²) in [6.07, 6.45) is 0. The Bertz CT molecular complexity index is 775. The van der Waals surface area contributed by atoms with Crippen molar-refractivity contribution in [1.29, 1.82) is 5.26 Å². The molecule has 0 aliphatic rings. The summed E-state index contributed by atoms with van der Waals surface area (Å²) in [5, 5.41) is 21.9. The van der Waals surface area contributed by atoms with Crippen molar-refractivity contribution in [3.8, 4) is 11.8 Å². The van der Waals surface area contributed by atoms with Gasteiger partial charge in [-0.3, -0.25) is 4.79 Å². The summed E-state index contributed by atoms with van der Waals surface area (Å²) >= 11 is 0. The molecule has 138 valence electrons. The lowest BCUT2D eigenvalue weighted by Gasteiger charge is -2.22. The van der Waals surface area contributed by atoms with Gasteiger partial charge in [-0.2, -0.15) is 5.26 Å². The lowest BCUT2D eigenvalue weighted by molar-refractivity contribution is -0.135. The number of nitrogens with zero attached hydrogens (tertiary/aromatic N) is 1. The summed E-state index contributed by atoms with van der Waals surface area (Å²) in [5.41, 5.74) is 1.23. The lowest BCUT2D eigenvalue weighted by Crippen LogP contribution is -2.45. The summed E-state index contributed by atoms with van der Waals surface area (Å²) in [6, 6.07) is 14.4. The third kappa shape index (κ3) is 5.91. The summed E-state index contributed by atoms with van der Waals surface area (Å²) in [7, 11) is 0. The molecule has 0 spiro atoms. The molecule has 2 aromatic rings. The maximum absolute atomic E-state index is 12.3. The molecular weight excluding hydrogens is 328 g/mol. The van der Waals surface area contributed by atoms with E-state index in [1.165, 1.54) is 6.92 Å². The fourth-order valence-electron chi connectivity index (χ4n) is 2.06. The molecule has 2 N–H and O–H groups in total. The molecule has 0 fully saturated rings. The van der Waals surface area contributed by atoms with Crippen LogP contribution in [0.1, 0.15) is 37.5 Å². The molecule has 0 saturated heterocycles. The summed E-state index contributed by atoms with van der Waals surface area (Å²) in [5.74, 6) is 0.0154. The van der Waals surface area contributed by atoms with Gasteiger partial charge >= 0.3 is 0 Å². The monoisotopic (exact) mass is 354 g/mol. The summed E-state index contributed by atoms with van der Waals surface area (Å²) < 4.78 is 5.49. The van der Waals surface area contributed by atoms with Gasteiger partial charge in [0, 0.05) is 5.69 Å². The SMILES string of the molecule is CC.Cc1ccc(OC[C@](C)(O)C(=O)Nc2ccc(C#N)c(C)c2)cc1. The number of nitriles is 1. The van der Waals surface area contributed by atoms with Crippen LogP contribution in [0.2, 0.25) is 0 Å². The van der Waals surface area contributed by atoms with Gasteiger partial charge < -0.3 is 15.2 Å². The molecule has 0 aromatic heterocycles. The number of carbonyl (C=O) groups excluding carboxylic acids is 1. The number of nitrogens with one attached hydrogen (secondary N) is 1. The van der Waals surface area contributed by atoms with E-state index < -0.39 is 11.5 Å². The fourth-order valence-corrected chi connectivity index (χ4v) is 2.06. The minimum Gasteiger partial charge on any atom is -0.490 e. The van der Waals surface area contributed by atoms with E-state index in [0.717, 1.165) is 11.1 Å². The third-order valence-corrected chi connectivity index (χ3v) is 3.63. The minimum absolute atomic E-state index is 0.169. The largest absolute Gasteiger partial charge is 0.490 e. The fraction of sp³-hybridized carbons (Fsp3) is 0.333. The number of carbonyl (C=O) groups is 1. The van der Waals surface area contributed by atoms with Crippen LogP contribution >= 0.6 is 0 Å². The van der Waals surface area contributed by atoms with Crippen LogP contribution < -0.4 is 10.1 Å². The first-order valence-corrected chi connectivity index (χ1v) is 8.56. The Kier molecular flexibility index (Phi) is 7.82. The molecule has 26 heavy (non-hydrogen) atoms. The molecule has 5 nitrogen and oxygen atoms in total. The van der Waals surface area contributed by atoms with Gasteiger partial charge in [-0.25, -0.2) is 0 Å². The lowest BCUT2D eigenvalue weighted by atomic mass is 10.1. The van der Waals surface area contributed by atoms with E-state index in [9.17, 15) is 9.90 Å². The average Bonchev–Trinajstić information content (AvgIpc) is 2.63. The predicted octanol–water partition coefficient (Wildman–Crippen LogP) is 3.97. The van der Waals surface area contributed by atoms with Crippen LogP contribution in [0, 0.1) is 25.2 Å². The molecule has 0 aliphatic heterocycles. The zero-order valence-corrected chi connectivity index (χ0v) is 16.0. The van der Waals surface area contributed by atoms with Crippen LogP contribution in [0.5, 0.6) is 5.75 Å². The Balaban J connectivity index is 0.00000163. The van der Waals surface area contributed by atoms with Gasteiger partial charge in [0.25, 0.3) is 5.91 Å². The van der Waals surface area contributed by atoms with E-state index in [2.05, 4.69) is 11.4 Å². The summed E-state index contributed by atoms with van der Waals surface area (Å²) in [6.45, 7) is 8.98. The maximum atomic E-state index is 12.3. The van der Waals surface area contributed by atoms with E-state index in [0.29, 0.717) is 17.0 Å². The van der Waals surface area contributed by atoms with Gasteiger partial charge in [0.2, 0.25) is 0 Å². The van der Waals surface area contributed by atoms with Crippen LogP contribution in [0.4, 0.5) is 5.69 Å². The smallest absolute Gasteiger partial charge is 0.259 e. The van der Waals surface area contributed by atoms with Crippen molar-refractivity contribution in [2.45, 2.75) is 40.2 Å². The van der Waals surface area contributed by atoms with Crippen LogP contribution in [0.3, 0.4) is 0 Å². The maximum Gasteiger partial charge on any atom is 0.259 e. The van der Waals surface area contributed by atoms with E-state index in [4.69, 9.17) is 10.00 Å². The van der Waals surface area contributed by atoms with Gasteiger partial charge in [0.05, 0.1) is 11.6 Å². The normalized spacial score (nSPS) is 12.0. The highest BCUT2D eigenvalue weighted by Crippen LogP contribution is 2.18. The Morgan fingerprint density at radius 3 is 2.35 bits per heavy atom. The zero-order valence-electron chi connectivity index (χ0n) is 16.0. The Labute approximate surface area is 155 Å². The molecule has 0 radical (unpaired) electrons. The molecule has 0 heterocycles. The average molecular weight is 354 g/mol. The number of hydrogen-bond donors (Lipinski definition) is 2. The standard InChI is InChI=1S/C19H20N2O3.C2H6/c1-13-4-8-17(9-5-13)24-12-19(3,23)18(22)21-16-7-6-15(11-20)14(2)10-16;1-2/h4-10,23H,12H2,1-3H3,(H,21,22);1-2H3/t19-;/m0./s1. The van der Waals surface area contributed by atoms with Gasteiger partial charge in [-0.15, -0.1) is 0 Å². The highest BCUT2D eigenvalue weighted by atomic mass is 16.5. The minimum atomic E-state index is -1.69. The topological polar surface area (TPSA) is 82.3 Å². The third-order valence-electron chi connectivity index (χ3n) is 3.63. The molecule has 5 heteroatoms. The molecule has 1 amide bonds. The second-order valence-electron chi connectivity index (χ2n) is 5.97. The number of rotatable bonds is 5. The van der Waals surface area contributed by atoms with Crippen LogP contribution in [0.15, 0.2) is 42.5 Å². The van der Waals surface area contributed by atoms with Gasteiger partial charge in [0.1, 0.15) is 12.4 Å². The van der Waals surface area contributed by atoms with Crippen molar-refractivity contribution in [2.24, 2.45) is 0 Å². The van der Waals surface area contributed by atoms with E-state index in [1.807, 2.05) is 32.9 Å². The second kappa shape index (κ2) is 9.59. The molecular formula is C21H26N2O3. The van der Waals surface area contributed by atoms with Crippen molar-refractivity contribution < 1.29 is 14.6 Å². The Morgan fingerprint density at radius 2 is 1.81 bits per heavy atom. The summed E-state index contributed by atoms with van der Waals surface area (Å²) in [4.78, 5) is 12.3. The van der Waals surface area contributed by atoms with E-state index >= 15 is 0 Å². The Morgan fingerprint density at radius 1 is 1.19 bits per heavy atom. The first-order valence-electron chi connectivity index (χ1n) is 8.56. The molecule has 0 bridgehead atoms. The molecule has 2 rings (SSSR count). The molecule has 0 saturated carbocycles. The van der Waals surface area contributed by atoms with Crippen molar-refractivity contribution >= 4 is 11.6 Å². The number of ether oxygens (including phenoxy) is 1. The van der Waals surface area contributed by atoms with Crippen LogP contribution in [-0.4, -0.2) is 23.2 Å². The van der Waals surface area contributed by atoms with Gasteiger partial charge in [-0.05, 0) is 56.7 Å².